The van der Waals surface area contributed by atoms with Crippen LogP contribution in [0.2, 0.25) is 0 Å². The Morgan fingerprint density at radius 2 is 1.91 bits per heavy atom. The number of nitrogens with zero attached hydrogens (tertiary/aromatic N) is 1. The third-order valence-electron chi connectivity index (χ3n) is 5.07. The van der Waals surface area contributed by atoms with E-state index in [4.69, 9.17) is 0 Å². The number of carbonyl (C=O) groups excluding carboxylic acids is 2. The molecule has 1 aliphatic heterocycles. The molecule has 1 aromatic carbocycles. The number of anilines is 1. The Balaban J connectivity index is 1.67. The van der Waals surface area contributed by atoms with Gasteiger partial charge >= 0.3 is 0 Å². The average Bonchev–Trinajstić information content (AvgIpc) is 2.95. The van der Waals surface area contributed by atoms with Crippen molar-refractivity contribution in [2.24, 2.45) is 5.92 Å². The van der Waals surface area contributed by atoms with E-state index in [2.05, 4.69) is 5.32 Å². The van der Waals surface area contributed by atoms with Gasteiger partial charge < -0.3 is 10.4 Å². The minimum atomic E-state index is -0.444. The topological polar surface area (TPSA) is 69.6 Å². The molecule has 0 radical (unpaired) electrons. The summed E-state index contributed by atoms with van der Waals surface area (Å²) in [7, 11) is 0. The number of aliphatic hydroxyl groups is 1. The number of fused-ring (bicyclic) bond motifs is 1. The van der Waals surface area contributed by atoms with Crippen molar-refractivity contribution >= 4 is 17.5 Å². The van der Waals surface area contributed by atoms with Crippen LogP contribution in [0.3, 0.4) is 0 Å². The van der Waals surface area contributed by atoms with Crippen LogP contribution in [-0.4, -0.2) is 35.6 Å². The largest absolute Gasteiger partial charge is 0.396 e. The Labute approximate surface area is 136 Å². The molecule has 23 heavy (non-hydrogen) atoms. The van der Waals surface area contributed by atoms with E-state index in [0.29, 0.717) is 12.3 Å². The molecule has 1 saturated carbocycles. The van der Waals surface area contributed by atoms with Crippen LogP contribution >= 0.6 is 0 Å². The fraction of sp³-hybridized carbons (Fsp3) is 0.556. The highest BCUT2D eigenvalue weighted by molar-refractivity contribution is 6.02. The summed E-state index contributed by atoms with van der Waals surface area (Å²) >= 11 is 0. The molecule has 5 nitrogen and oxygen atoms in total. The Kier molecular flexibility index (Phi) is 4.66. The smallest absolute Gasteiger partial charge is 0.243 e. The second-order valence-corrected chi connectivity index (χ2v) is 6.65. The standard InChI is InChI=1S/C18H24N2O3/c1-12(22)20-16-5-3-2-4-14(16)10-17(20)18(23)19-15-8-6-13(11-21)7-9-15/h2-5,13,15,17,21H,6-11H2,1H3,(H,19,23)/t13?,15?,17-/m0/s1. The predicted octanol–water partition coefficient (Wildman–Crippen LogP) is 1.63. The average molecular weight is 316 g/mol. The maximum absolute atomic E-state index is 12.7. The van der Waals surface area contributed by atoms with Crippen LogP contribution in [-0.2, 0) is 16.0 Å². The summed E-state index contributed by atoms with van der Waals surface area (Å²) in [5.41, 5.74) is 1.90. The first-order valence-electron chi connectivity index (χ1n) is 8.39. The molecule has 3 rings (SSSR count). The molecule has 0 unspecified atom stereocenters. The van der Waals surface area contributed by atoms with E-state index < -0.39 is 6.04 Å². The van der Waals surface area contributed by atoms with Crippen molar-refractivity contribution in [1.29, 1.82) is 0 Å². The monoisotopic (exact) mass is 316 g/mol. The van der Waals surface area contributed by atoms with Gasteiger partial charge in [-0.15, -0.1) is 0 Å². The second-order valence-electron chi connectivity index (χ2n) is 6.65. The minimum absolute atomic E-state index is 0.0659. The molecule has 1 atom stereocenters. The van der Waals surface area contributed by atoms with E-state index in [1.165, 1.54) is 6.92 Å². The molecule has 2 amide bonds. The zero-order valence-electron chi connectivity index (χ0n) is 13.5. The molecule has 1 heterocycles. The zero-order chi connectivity index (χ0) is 16.4. The highest BCUT2D eigenvalue weighted by Crippen LogP contribution is 2.32. The van der Waals surface area contributed by atoms with Gasteiger partial charge in [-0.1, -0.05) is 18.2 Å². The van der Waals surface area contributed by atoms with E-state index in [9.17, 15) is 14.7 Å². The molecule has 1 fully saturated rings. The van der Waals surface area contributed by atoms with Crippen LogP contribution in [0.1, 0.15) is 38.2 Å². The summed E-state index contributed by atoms with van der Waals surface area (Å²) in [6, 6.07) is 7.42. The molecule has 0 spiro atoms. The highest BCUT2D eigenvalue weighted by Gasteiger charge is 2.37. The predicted molar refractivity (Wildman–Crippen MR) is 88.1 cm³/mol. The van der Waals surface area contributed by atoms with Crippen LogP contribution in [0.15, 0.2) is 24.3 Å². The maximum atomic E-state index is 12.7. The number of benzene rings is 1. The van der Waals surface area contributed by atoms with Gasteiger partial charge in [-0.25, -0.2) is 0 Å². The Morgan fingerprint density at radius 3 is 2.57 bits per heavy atom. The lowest BCUT2D eigenvalue weighted by molar-refractivity contribution is -0.126. The molecule has 0 saturated heterocycles. The van der Waals surface area contributed by atoms with Gasteiger partial charge in [-0.05, 0) is 43.2 Å². The fourth-order valence-electron chi connectivity index (χ4n) is 3.77. The molecular weight excluding hydrogens is 292 g/mol. The van der Waals surface area contributed by atoms with Gasteiger partial charge in [0.15, 0.2) is 0 Å². The molecule has 2 N–H and O–H groups in total. The maximum Gasteiger partial charge on any atom is 0.243 e. The van der Waals surface area contributed by atoms with Gasteiger partial charge in [0.1, 0.15) is 6.04 Å². The first-order valence-corrected chi connectivity index (χ1v) is 8.39. The van der Waals surface area contributed by atoms with Crippen LogP contribution in [0.25, 0.3) is 0 Å². The van der Waals surface area contributed by atoms with Crippen molar-refractivity contribution in [1.82, 2.24) is 5.32 Å². The Morgan fingerprint density at radius 1 is 1.22 bits per heavy atom. The normalized spacial score (nSPS) is 26.7. The van der Waals surface area contributed by atoms with E-state index in [-0.39, 0.29) is 24.5 Å². The van der Waals surface area contributed by atoms with Crippen molar-refractivity contribution in [3.05, 3.63) is 29.8 Å². The number of hydrogen-bond acceptors (Lipinski definition) is 3. The number of aliphatic hydroxyl groups excluding tert-OH is 1. The lowest BCUT2D eigenvalue weighted by atomic mass is 9.86. The van der Waals surface area contributed by atoms with E-state index in [0.717, 1.165) is 36.9 Å². The summed E-state index contributed by atoms with van der Waals surface area (Å²) in [6.45, 7) is 1.74. The number of amides is 2. The van der Waals surface area contributed by atoms with Gasteiger partial charge in [-0.3, -0.25) is 14.5 Å². The molecular formula is C18H24N2O3. The number of carbonyl (C=O) groups is 2. The highest BCUT2D eigenvalue weighted by atomic mass is 16.3. The summed E-state index contributed by atoms with van der Waals surface area (Å²) in [5, 5.41) is 12.3. The Hall–Kier alpha value is -1.88. The van der Waals surface area contributed by atoms with Crippen LogP contribution < -0.4 is 10.2 Å². The van der Waals surface area contributed by atoms with Crippen LogP contribution in [0, 0.1) is 5.92 Å². The van der Waals surface area contributed by atoms with Gasteiger partial charge in [0.05, 0.1) is 0 Å². The molecule has 0 bridgehead atoms. The minimum Gasteiger partial charge on any atom is -0.396 e. The first-order chi connectivity index (χ1) is 11.1. The molecule has 0 aromatic heterocycles. The third kappa shape index (κ3) is 3.24. The Bertz CT molecular complexity index is 594. The third-order valence-corrected chi connectivity index (χ3v) is 5.07. The molecule has 1 aromatic rings. The molecule has 5 heteroatoms. The second kappa shape index (κ2) is 6.71. The molecule has 2 aliphatic rings. The van der Waals surface area contributed by atoms with E-state index >= 15 is 0 Å². The summed E-state index contributed by atoms with van der Waals surface area (Å²) in [4.78, 5) is 26.3. The van der Waals surface area contributed by atoms with Crippen molar-refractivity contribution in [3.8, 4) is 0 Å². The number of para-hydroxylation sites is 1. The van der Waals surface area contributed by atoms with Crippen LogP contribution in [0.5, 0.6) is 0 Å². The number of nitrogens with one attached hydrogen (secondary N) is 1. The quantitative estimate of drug-likeness (QED) is 0.890. The lowest BCUT2D eigenvalue weighted by Crippen LogP contribution is -2.50. The molecule has 124 valence electrons. The summed E-state index contributed by atoms with van der Waals surface area (Å²) in [5.74, 6) is 0.204. The SMILES string of the molecule is CC(=O)N1c2ccccc2C[C@H]1C(=O)NC1CCC(CO)CC1. The van der Waals surface area contributed by atoms with Crippen molar-refractivity contribution in [3.63, 3.8) is 0 Å². The number of rotatable bonds is 3. The zero-order valence-corrected chi connectivity index (χ0v) is 13.5. The lowest BCUT2D eigenvalue weighted by Gasteiger charge is -2.30. The van der Waals surface area contributed by atoms with Crippen molar-refractivity contribution in [2.75, 3.05) is 11.5 Å². The van der Waals surface area contributed by atoms with E-state index in [1.54, 1.807) is 4.90 Å². The van der Waals surface area contributed by atoms with Crippen LogP contribution in [0.4, 0.5) is 5.69 Å². The van der Waals surface area contributed by atoms with Gasteiger partial charge in [0, 0.05) is 31.7 Å². The van der Waals surface area contributed by atoms with Crippen molar-refractivity contribution < 1.29 is 14.7 Å². The van der Waals surface area contributed by atoms with Gasteiger partial charge in [0.25, 0.3) is 0 Å². The van der Waals surface area contributed by atoms with E-state index in [1.807, 2.05) is 24.3 Å². The summed E-state index contributed by atoms with van der Waals surface area (Å²) in [6.07, 6.45) is 4.27. The fourth-order valence-corrected chi connectivity index (χ4v) is 3.77. The van der Waals surface area contributed by atoms with Crippen molar-refractivity contribution in [2.45, 2.75) is 51.1 Å². The number of hydrogen-bond donors (Lipinski definition) is 2. The summed E-state index contributed by atoms with van der Waals surface area (Å²) < 4.78 is 0. The van der Waals surface area contributed by atoms with Gasteiger partial charge in [-0.2, -0.15) is 0 Å². The van der Waals surface area contributed by atoms with Gasteiger partial charge in [0.2, 0.25) is 11.8 Å². The molecule has 1 aliphatic carbocycles. The first kappa shape index (κ1) is 16.0.